The van der Waals surface area contributed by atoms with Crippen LogP contribution >= 0.6 is 24.0 Å². The van der Waals surface area contributed by atoms with Crippen LogP contribution in [0.4, 0.5) is 0 Å². The monoisotopic (exact) mass is 484 g/mol. The normalized spacial score (nSPS) is 16.5. The molecule has 1 aliphatic carbocycles. The summed E-state index contributed by atoms with van der Waals surface area (Å²) in [5, 5.41) is 15.5. The zero-order valence-corrected chi connectivity index (χ0v) is 19.1. The Morgan fingerprint density at radius 3 is 2.70 bits per heavy atom. The molecule has 150 valence electrons. The Balaban J connectivity index is 0.00000261. The molecule has 2 aromatic rings. The van der Waals surface area contributed by atoms with E-state index in [0.717, 1.165) is 42.9 Å². The second-order valence-corrected chi connectivity index (χ2v) is 7.95. The molecule has 3 rings (SSSR count). The minimum Gasteiger partial charge on any atom is -0.356 e. The Hall–Kier alpha value is -1.38. The molecule has 0 aromatic carbocycles. The van der Waals surface area contributed by atoms with Gasteiger partial charge < -0.3 is 10.6 Å². The van der Waals surface area contributed by atoms with Crippen LogP contribution in [-0.2, 0) is 6.42 Å². The van der Waals surface area contributed by atoms with Gasteiger partial charge in [-0.2, -0.15) is 0 Å². The molecule has 7 heteroatoms. The number of nitrogens with zero attached hydrogens (tertiary/aromatic N) is 4. The van der Waals surface area contributed by atoms with E-state index in [0.29, 0.717) is 5.41 Å². The highest BCUT2D eigenvalue weighted by Crippen LogP contribution is 2.42. The molecule has 0 radical (unpaired) electrons. The van der Waals surface area contributed by atoms with Gasteiger partial charge in [0.25, 0.3) is 0 Å². The van der Waals surface area contributed by atoms with E-state index >= 15 is 0 Å². The van der Waals surface area contributed by atoms with Gasteiger partial charge in [-0.1, -0.05) is 32.8 Å². The van der Waals surface area contributed by atoms with Crippen molar-refractivity contribution in [1.29, 1.82) is 0 Å². The Morgan fingerprint density at radius 2 is 2.00 bits per heavy atom. The summed E-state index contributed by atoms with van der Waals surface area (Å²) < 4.78 is 2.04. The van der Waals surface area contributed by atoms with Crippen molar-refractivity contribution < 1.29 is 0 Å². The summed E-state index contributed by atoms with van der Waals surface area (Å²) in [5.41, 5.74) is 1.33. The van der Waals surface area contributed by atoms with Crippen LogP contribution in [0.1, 0.15) is 51.8 Å². The van der Waals surface area contributed by atoms with Gasteiger partial charge in [0.05, 0.1) is 0 Å². The lowest BCUT2D eigenvalue weighted by Gasteiger charge is -2.31. The van der Waals surface area contributed by atoms with Crippen molar-refractivity contribution in [3.63, 3.8) is 0 Å². The maximum absolute atomic E-state index is 4.39. The van der Waals surface area contributed by atoms with Crippen LogP contribution in [0.2, 0.25) is 0 Å². The predicted octanol–water partition coefficient (Wildman–Crippen LogP) is 3.66. The van der Waals surface area contributed by atoms with E-state index in [4.69, 9.17) is 0 Å². The minimum absolute atomic E-state index is 0. The first-order valence-corrected chi connectivity index (χ1v) is 9.85. The van der Waals surface area contributed by atoms with Crippen molar-refractivity contribution in [3.05, 3.63) is 30.2 Å². The maximum Gasteiger partial charge on any atom is 0.191 e. The van der Waals surface area contributed by atoms with E-state index in [1.807, 2.05) is 35.8 Å². The Bertz CT molecular complexity index is 733. The van der Waals surface area contributed by atoms with Gasteiger partial charge in [-0.05, 0) is 42.7 Å². The number of aliphatic imine (C=N–C) groups is 1. The summed E-state index contributed by atoms with van der Waals surface area (Å²) in [6, 6.07) is 5.96. The smallest absolute Gasteiger partial charge is 0.191 e. The van der Waals surface area contributed by atoms with Crippen molar-refractivity contribution >= 4 is 35.6 Å². The van der Waals surface area contributed by atoms with Gasteiger partial charge in [0.15, 0.2) is 11.6 Å². The molecule has 2 aromatic heterocycles. The second-order valence-electron chi connectivity index (χ2n) is 7.95. The lowest BCUT2D eigenvalue weighted by molar-refractivity contribution is 0.235. The number of pyridine rings is 1. The van der Waals surface area contributed by atoms with Crippen molar-refractivity contribution in [2.24, 2.45) is 16.3 Å². The molecule has 1 saturated carbocycles. The van der Waals surface area contributed by atoms with Crippen LogP contribution in [0.25, 0.3) is 5.65 Å². The van der Waals surface area contributed by atoms with E-state index < -0.39 is 0 Å². The second kappa shape index (κ2) is 10.2. The third kappa shape index (κ3) is 5.80. The summed E-state index contributed by atoms with van der Waals surface area (Å²) in [4.78, 5) is 4.39. The molecule has 0 unspecified atom stereocenters. The number of fused-ring (bicyclic) bond motifs is 1. The quantitative estimate of drug-likeness (QED) is 0.358. The number of guanidine groups is 1. The summed E-state index contributed by atoms with van der Waals surface area (Å²) >= 11 is 0. The molecular formula is C20H33IN6. The first-order valence-electron chi connectivity index (χ1n) is 9.85. The van der Waals surface area contributed by atoms with Crippen molar-refractivity contribution in [2.45, 2.75) is 52.4 Å². The van der Waals surface area contributed by atoms with Gasteiger partial charge in [0, 0.05) is 32.8 Å². The van der Waals surface area contributed by atoms with Crippen LogP contribution in [0, 0.1) is 11.3 Å². The van der Waals surface area contributed by atoms with Crippen LogP contribution in [0.15, 0.2) is 29.4 Å². The molecule has 0 aliphatic heterocycles. The Labute approximate surface area is 179 Å². The maximum atomic E-state index is 4.39. The highest BCUT2D eigenvalue weighted by Gasteiger charge is 2.34. The van der Waals surface area contributed by atoms with E-state index in [1.165, 1.54) is 32.1 Å². The topological polar surface area (TPSA) is 66.6 Å². The van der Waals surface area contributed by atoms with Crippen LogP contribution < -0.4 is 10.6 Å². The third-order valence-electron chi connectivity index (χ3n) is 5.39. The van der Waals surface area contributed by atoms with Gasteiger partial charge in [-0.3, -0.25) is 9.39 Å². The molecule has 0 spiro atoms. The summed E-state index contributed by atoms with van der Waals surface area (Å²) in [7, 11) is 1.84. The molecule has 1 fully saturated rings. The van der Waals surface area contributed by atoms with E-state index in [2.05, 4.69) is 39.7 Å². The lowest BCUT2D eigenvalue weighted by atomic mass is 9.78. The van der Waals surface area contributed by atoms with Crippen LogP contribution in [0.5, 0.6) is 0 Å². The number of halogens is 1. The fourth-order valence-corrected chi connectivity index (χ4v) is 4.29. The fraction of sp³-hybridized carbons (Fsp3) is 0.650. The standard InChI is InChI=1S/C20H32N6.HI/c1-16(2)14-20(10-5-6-11-20)15-23-19(21-3)22-12-9-18-25-24-17-8-4-7-13-26(17)18;/h4,7-8,13,16H,5-6,9-12,14-15H2,1-3H3,(H2,21,22,23);1H. The molecule has 0 atom stereocenters. The van der Waals surface area contributed by atoms with Gasteiger partial charge >= 0.3 is 0 Å². The summed E-state index contributed by atoms with van der Waals surface area (Å²) in [6.45, 7) is 6.46. The van der Waals surface area contributed by atoms with E-state index in [-0.39, 0.29) is 24.0 Å². The lowest BCUT2D eigenvalue weighted by Crippen LogP contribution is -2.44. The van der Waals surface area contributed by atoms with Crippen LogP contribution in [0.3, 0.4) is 0 Å². The number of nitrogens with one attached hydrogen (secondary N) is 2. The molecule has 0 bridgehead atoms. The largest absolute Gasteiger partial charge is 0.356 e. The molecule has 2 N–H and O–H groups in total. The van der Waals surface area contributed by atoms with Gasteiger partial charge in [0.1, 0.15) is 5.82 Å². The number of hydrogen-bond donors (Lipinski definition) is 2. The predicted molar refractivity (Wildman–Crippen MR) is 122 cm³/mol. The number of hydrogen-bond acceptors (Lipinski definition) is 3. The zero-order valence-electron chi connectivity index (χ0n) is 16.7. The minimum atomic E-state index is 0. The number of aromatic nitrogens is 3. The zero-order chi connectivity index (χ0) is 18.4. The third-order valence-corrected chi connectivity index (χ3v) is 5.39. The summed E-state index contributed by atoms with van der Waals surface area (Å²) in [5.74, 6) is 2.59. The first kappa shape index (κ1) is 21.9. The molecule has 2 heterocycles. The number of rotatable bonds is 7. The molecule has 0 saturated heterocycles. The average Bonchev–Trinajstić information content (AvgIpc) is 3.25. The SMILES string of the molecule is CN=C(NCCc1nnc2ccccn12)NCC1(CC(C)C)CCCC1.I. The highest BCUT2D eigenvalue weighted by molar-refractivity contribution is 14.0. The Kier molecular flexibility index (Phi) is 8.31. The van der Waals surface area contributed by atoms with Crippen LogP contribution in [-0.4, -0.2) is 40.7 Å². The van der Waals surface area contributed by atoms with E-state index in [9.17, 15) is 0 Å². The average molecular weight is 484 g/mol. The molecule has 6 nitrogen and oxygen atoms in total. The van der Waals surface area contributed by atoms with E-state index in [1.54, 1.807) is 0 Å². The van der Waals surface area contributed by atoms with Crippen molar-refractivity contribution in [2.75, 3.05) is 20.1 Å². The summed E-state index contributed by atoms with van der Waals surface area (Å²) in [6.07, 6.45) is 9.50. The highest BCUT2D eigenvalue weighted by atomic mass is 127. The fourth-order valence-electron chi connectivity index (χ4n) is 4.29. The first-order chi connectivity index (χ1) is 12.6. The van der Waals surface area contributed by atoms with Crippen molar-refractivity contribution in [1.82, 2.24) is 25.2 Å². The molecule has 27 heavy (non-hydrogen) atoms. The Morgan fingerprint density at radius 1 is 1.22 bits per heavy atom. The van der Waals surface area contributed by atoms with Gasteiger partial charge in [0.2, 0.25) is 0 Å². The van der Waals surface area contributed by atoms with Gasteiger partial charge in [-0.25, -0.2) is 0 Å². The van der Waals surface area contributed by atoms with Crippen molar-refractivity contribution in [3.8, 4) is 0 Å². The molecular weight excluding hydrogens is 451 g/mol. The molecule has 0 amide bonds. The molecule has 1 aliphatic rings. The van der Waals surface area contributed by atoms with Gasteiger partial charge in [-0.15, -0.1) is 34.2 Å².